The van der Waals surface area contributed by atoms with Gasteiger partial charge in [-0.3, -0.25) is 0 Å². The van der Waals surface area contributed by atoms with Gasteiger partial charge in [-0.15, -0.1) is 5.10 Å². The molecule has 7 nitrogen and oxygen atoms in total. The summed E-state index contributed by atoms with van der Waals surface area (Å²) in [5, 5.41) is 8.36. The van der Waals surface area contributed by atoms with Crippen LogP contribution in [0.2, 0.25) is 0 Å². The molecular weight excluding hydrogens is 340 g/mol. The Hall–Kier alpha value is -2.48. The number of hydrogen-bond donors (Lipinski definition) is 1. The molecule has 132 valence electrons. The molecule has 8 heteroatoms. The summed E-state index contributed by atoms with van der Waals surface area (Å²) in [5.41, 5.74) is 1.11. The number of carbonyl (C=O) groups is 1. The van der Waals surface area contributed by atoms with Crippen LogP contribution in [0.25, 0.3) is 0 Å². The van der Waals surface area contributed by atoms with E-state index in [-0.39, 0.29) is 6.61 Å². The lowest BCUT2D eigenvalue weighted by molar-refractivity contribution is -0.138. The van der Waals surface area contributed by atoms with E-state index in [9.17, 15) is 4.79 Å². The van der Waals surface area contributed by atoms with Crippen LogP contribution in [0.4, 0.5) is 5.95 Å². The first-order valence-corrected chi connectivity index (χ1v) is 9.02. The second kappa shape index (κ2) is 7.60. The smallest absolute Gasteiger partial charge is 0.338 e. The van der Waals surface area contributed by atoms with E-state index in [0.29, 0.717) is 28.1 Å². The number of nitrogens with zero attached hydrogens (tertiary/aromatic N) is 3. The molecule has 0 amide bonds. The molecule has 2 aromatic heterocycles. The first-order chi connectivity index (χ1) is 12.2. The van der Waals surface area contributed by atoms with Crippen molar-refractivity contribution in [3.8, 4) is 0 Å². The first kappa shape index (κ1) is 17.3. The highest BCUT2D eigenvalue weighted by atomic mass is 32.2. The molecule has 0 fully saturated rings. The lowest BCUT2D eigenvalue weighted by Gasteiger charge is -2.26. The molecule has 25 heavy (non-hydrogen) atoms. The number of fused-ring (bicyclic) bond motifs is 1. The Labute approximate surface area is 150 Å². The van der Waals surface area contributed by atoms with E-state index >= 15 is 0 Å². The van der Waals surface area contributed by atoms with Crippen molar-refractivity contribution < 1.29 is 13.9 Å². The van der Waals surface area contributed by atoms with Crippen LogP contribution in [0.15, 0.2) is 51.9 Å². The van der Waals surface area contributed by atoms with Crippen molar-refractivity contribution in [2.45, 2.75) is 31.5 Å². The van der Waals surface area contributed by atoms with Gasteiger partial charge in [0.1, 0.15) is 18.4 Å². The summed E-state index contributed by atoms with van der Waals surface area (Å²) in [7, 11) is 0. The van der Waals surface area contributed by atoms with Crippen LogP contribution >= 0.6 is 11.8 Å². The minimum Gasteiger partial charge on any atom is -0.467 e. The van der Waals surface area contributed by atoms with E-state index in [4.69, 9.17) is 9.15 Å². The van der Waals surface area contributed by atoms with Crippen molar-refractivity contribution in [3.63, 3.8) is 0 Å². The summed E-state index contributed by atoms with van der Waals surface area (Å²) < 4.78 is 12.5. The first-order valence-electron chi connectivity index (χ1n) is 8.04. The molecule has 3 rings (SSSR count). The summed E-state index contributed by atoms with van der Waals surface area (Å²) in [4.78, 5) is 17.1. The summed E-state index contributed by atoms with van der Waals surface area (Å²) in [6, 6.07) is 3.07. The summed E-state index contributed by atoms with van der Waals surface area (Å²) in [6.07, 6.45) is 4.13. The van der Waals surface area contributed by atoms with Gasteiger partial charge in [-0.2, -0.15) is 4.98 Å². The maximum absolute atomic E-state index is 12.6. The van der Waals surface area contributed by atoms with Gasteiger partial charge in [-0.25, -0.2) is 9.48 Å². The van der Waals surface area contributed by atoms with Gasteiger partial charge in [-0.1, -0.05) is 31.3 Å². The molecule has 0 saturated carbocycles. The molecular formula is C17H20N4O3S. The van der Waals surface area contributed by atoms with Crippen LogP contribution in [-0.4, -0.2) is 33.1 Å². The SMILES string of the molecule is C=CCOC(=O)C1=C(C)Nc2nc(SCCC)nn2C1c1ccco1. The van der Waals surface area contributed by atoms with Gasteiger partial charge in [0.05, 0.1) is 11.8 Å². The Morgan fingerprint density at radius 2 is 2.44 bits per heavy atom. The molecule has 0 saturated heterocycles. The third-order valence-corrected chi connectivity index (χ3v) is 4.68. The molecule has 1 aliphatic heterocycles. The number of rotatable bonds is 7. The number of esters is 1. The predicted octanol–water partition coefficient (Wildman–Crippen LogP) is 3.39. The number of allylic oxidation sites excluding steroid dienone is 1. The van der Waals surface area contributed by atoms with Crippen LogP contribution < -0.4 is 5.32 Å². The van der Waals surface area contributed by atoms with Gasteiger partial charge in [0, 0.05) is 11.4 Å². The molecule has 1 N–H and O–H groups in total. The molecule has 1 atom stereocenters. The third-order valence-electron chi connectivity index (χ3n) is 3.63. The Bertz CT molecular complexity index is 795. The highest BCUT2D eigenvalue weighted by molar-refractivity contribution is 7.99. The molecule has 0 radical (unpaired) electrons. The summed E-state index contributed by atoms with van der Waals surface area (Å²) in [6.45, 7) is 7.64. The Morgan fingerprint density at radius 3 is 3.12 bits per heavy atom. The minimum absolute atomic E-state index is 0.141. The van der Waals surface area contributed by atoms with E-state index in [1.54, 1.807) is 28.8 Å². The molecule has 1 unspecified atom stereocenters. The normalized spacial score (nSPS) is 16.3. The molecule has 0 aliphatic carbocycles. The monoisotopic (exact) mass is 360 g/mol. The largest absolute Gasteiger partial charge is 0.467 e. The number of hydrogen-bond acceptors (Lipinski definition) is 7. The number of ether oxygens (including phenoxy) is 1. The zero-order valence-electron chi connectivity index (χ0n) is 14.2. The Morgan fingerprint density at radius 1 is 1.60 bits per heavy atom. The second-order valence-corrected chi connectivity index (χ2v) is 6.54. The zero-order chi connectivity index (χ0) is 17.8. The van der Waals surface area contributed by atoms with Crippen LogP contribution in [0.5, 0.6) is 0 Å². The standard InChI is InChI=1S/C17H20N4O3S/c1-4-8-24-15(22)13-11(3)18-16-19-17(25-10-5-2)20-21(16)14(13)12-7-6-9-23-12/h4,6-7,9,14H,1,5,8,10H2,2-3H3,(H,18,19,20). The maximum Gasteiger partial charge on any atom is 0.338 e. The molecule has 3 heterocycles. The maximum atomic E-state index is 12.6. The molecule has 0 bridgehead atoms. The van der Waals surface area contributed by atoms with Crippen LogP contribution in [-0.2, 0) is 9.53 Å². The average molecular weight is 360 g/mol. The number of aromatic nitrogens is 3. The highest BCUT2D eigenvalue weighted by Crippen LogP contribution is 2.36. The Kier molecular flexibility index (Phi) is 5.28. The van der Waals surface area contributed by atoms with Crippen molar-refractivity contribution in [2.75, 3.05) is 17.7 Å². The van der Waals surface area contributed by atoms with Crippen LogP contribution in [0.1, 0.15) is 32.1 Å². The van der Waals surface area contributed by atoms with E-state index < -0.39 is 12.0 Å². The summed E-state index contributed by atoms with van der Waals surface area (Å²) >= 11 is 1.58. The average Bonchev–Trinajstić information content (AvgIpc) is 3.25. The van der Waals surface area contributed by atoms with Gasteiger partial charge < -0.3 is 14.5 Å². The molecule has 1 aliphatic rings. The van der Waals surface area contributed by atoms with Crippen molar-refractivity contribution in [1.29, 1.82) is 0 Å². The van der Waals surface area contributed by atoms with Gasteiger partial charge in [0.25, 0.3) is 0 Å². The summed E-state index contributed by atoms with van der Waals surface area (Å²) in [5.74, 6) is 1.67. The lowest BCUT2D eigenvalue weighted by atomic mass is 10.0. The van der Waals surface area contributed by atoms with Crippen LogP contribution in [0, 0.1) is 0 Å². The number of anilines is 1. The topological polar surface area (TPSA) is 82.2 Å². The predicted molar refractivity (Wildman–Crippen MR) is 95.4 cm³/mol. The lowest BCUT2D eigenvalue weighted by Crippen LogP contribution is -2.29. The fourth-order valence-corrected chi connectivity index (χ4v) is 3.26. The second-order valence-electron chi connectivity index (χ2n) is 5.48. The van der Waals surface area contributed by atoms with Crippen molar-refractivity contribution >= 4 is 23.7 Å². The van der Waals surface area contributed by atoms with E-state index in [0.717, 1.165) is 12.2 Å². The van der Waals surface area contributed by atoms with Gasteiger partial charge in [0.15, 0.2) is 0 Å². The van der Waals surface area contributed by atoms with Crippen molar-refractivity contribution in [3.05, 3.63) is 48.1 Å². The van der Waals surface area contributed by atoms with Gasteiger partial charge in [-0.05, 0) is 25.5 Å². The number of carbonyl (C=O) groups excluding carboxylic acids is 1. The number of thioether (sulfide) groups is 1. The number of nitrogens with one attached hydrogen (secondary N) is 1. The van der Waals surface area contributed by atoms with Gasteiger partial charge >= 0.3 is 5.97 Å². The van der Waals surface area contributed by atoms with E-state index in [1.807, 2.05) is 13.0 Å². The van der Waals surface area contributed by atoms with Gasteiger partial charge in [0.2, 0.25) is 11.1 Å². The third kappa shape index (κ3) is 3.48. The quantitative estimate of drug-likeness (QED) is 0.460. The molecule has 0 spiro atoms. The molecule has 2 aromatic rings. The van der Waals surface area contributed by atoms with E-state index in [1.165, 1.54) is 6.08 Å². The minimum atomic E-state index is -0.521. The van der Waals surface area contributed by atoms with Crippen molar-refractivity contribution in [1.82, 2.24) is 14.8 Å². The van der Waals surface area contributed by atoms with Crippen LogP contribution in [0.3, 0.4) is 0 Å². The highest BCUT2D eigenvalue weighted by Gasteiger charge is 2.36. The zero-order valence-corrected chi connectivity index (χ0v) is 15.0. The fourth-order valence-electron chi connectivity index (χ4n) is 2.57. The Balaban J connectivity index is 2.01. The fraction of sp³-hybridized carbons (Fsp3) is 0.353. The van der Waals surface area contributed by atoms with Crippen molar-refractivity contribution in [2.24, 2.45) is 0 Å². The molecule has 0 aromatic carbocycles. The van der Waals surface area contributed by atoms with E-state index in [2.05, 4.69) is 28.9 Å². The number of furan rings is 1.